The van der Waals surface area contributed by atoms with Crippen LogP contribution in [0.2, 0.25) is 0 Å². The van der Waals surface area contributed by atoms with Gasteiger partial charge in [0.1, 0.15) is 0 Å². The van der Waals surface area contributed by atoms with Crippen molar-refractivity contribution in [3.63, 3.8) is 0 Å². The van der Waals surface area contributed by atoms with Crippen LogP contribution in [0.3, 0.4) is 0 Å². The first kappa shape index (κ1) is 10.0. The van der Waals surface area contributed by atoms with Gasteiger partial charge < -0.3 is 5.32 Å². The second-order valence-corrected chi connectivity index (χ2v) is 3.64. The molecule has 1 fully saturated rings. The molecule has 1 aliphatic heterocycles. The molecule has 7 nitrogen and oxygen atoms in total. The number of nitrogens with zero attached hydrogens (tertiary/aromatic N) is 4. The Morgan fingerprint density at radius 1 is 1.67 bits per heavy atom. The van der Waals surface area contributed by atoms with E-state index in [9.17, 15) is 4.79 Å². The molecule has 0 radical (unpaired) electrons. The fourth-order valence-corrected chi connectivity index (χ4v) is 1.62. The predicted molar refractivity (Wildman–Crippen MR) is 53.0 cm³/mol. The van der Waals surface area contributed by atoms with Gasteiger partial charge in [0.05, 0.1) is 13.0 Å². The van der Waals surface area contributed by atoms with Crippen LogP contribution in [0, 0.1) is 5.92 Å². The van der Waals surface area contributed by atoms with Crippen LogP contribution in [0.5, 0.6) is 0 Å². The summed E-state index contributed by atoms with van der Waals surface area (Å²) in [5.41, 5.74) is 0. The minimum atomic E-state index is -0.0322. The lowest BCUT2D eigenvalue weighted by molar-refractivity contribution is -0.120. The summed E-state index contributed by atoms with van der Waals surface area (Å²) in [4.78, 5) is 13.0. The molecule has 1 aromatic rings. The van der Waals surface area contributed by atoms with Gasteiger partial charge in [0.15, 0.2) is 0 Å². The maximum absolute atomic E-state index is 11.7. The molecule has 1 amide bonds. The molecule has 7 heteroatoms. The Kier molecular flexibility index (Phi) is 2.91. The second kappa shape index (κ2) is 4.35. The van der Waals surface area contributed by atoms with E-state index in [-0.39, 0.29) is 17.8 Å². The van der Waals surface area contributed by atoms with Gasteiger partial charge in [0.25, 0.3) is 5.95 Å². The first-order chi connectivity index (χ1) is 7.25. The molecule has 2 N–H and O–H groups in total. The summed E-state index contributed by atoms with van der Waals surface area (Å²) in [6.07, 6.45) is 1.95. The standard InChI is InChI=1S/C8H14N6O/c1-14-12-8(11-13-14)10-7(15)6-3-2-4-9-5-6/h6,9H,2-5H2,1H3,(H,10,12,15). The summed E-state index contributed by atoms with van der Waals surface area (Å²) < 4.78 is 0. The Morgan fingerprint density at radius 2 is 2.53 bits per heavy atom. The molecule has 1 aliphatic rings. The Morgan fingerprint density at radius 3 is 3.13 bits per heavy atom. The average Bonchev–Trinajstić information content (AvgIpc) is 2.65. The highest BCUT2D eigenvalue weighted by atomic mass is 16.2. The van der Waals surface area contributed by atoms with Crippen LogP contribution >= 0.6 is 0 Å². The van der Waals surface area contributed by atoms with Crippen molar-refractivity contribution in [1.29, 1.82) is 0 Å². The molecule has 82 valence electrons. The van der Waals surface area contributed by atoms with Gasteiger partial charge in [-0.2, -0.15) is 4.80 Å². The highest BCUT2D eigenvalue weighted by molar-refractivity contribution is 5.91. The maximum Gasteiger partial charge on any atom is 0.270 e. The third-order valence-corrected chi connectivity index (χ3v) is 2.41. The zero-order valence-electron chi connectivity index (χ0n) is 8.60. The largest absolute Gasteiger partial charge is 0.316 e. The van der Waals surface area contributed by atoms with E-state index in [1.165, 1.54) is 4.80 Å². The number of anilines is 1. The summed E-state index contributed by atoms with van der Waals surface area (Å²) >= 11 is 0. The molecular formula is C8H14N6O. The van der Waals surface area contributed by atoms with Gasteiger partial charge in [0.2, 0.25) is 5.91 Å². The van der Waals surface area contributed by atoms with E-state index in [1.807, 2.05) is 0 Å². The Balaban J connectivity index is 1.91. The summed E-state index contributed by atoms with van der Waals surface area (Å²) in [7, 11) is 1.66. The van der Waals surface area contributed by atoms with Crippen molar-refractivity contribution >= 4 is 11.9 Å². The molecule has 1 saturated heterocycles. The second-order valence-electron chi connectivity index (χ2n) is 3.64. The van der Waals surface area contributed by atoms with Gasteiger partial charge in [-0.25, -0.2) is 0 Å². The van der Waals surface area contributed by atoms with Gasteiger partial charge in [-0.05, 0) is 24.6 Å². The van der Waals surface area contributed by atoms with Crippen molar-refractivity contribution in [3.05, 3.63) is 0 Å². The first-order valence-electron chi connectivity index (χ1n) is 5.01. The van der Waals surface area contributed by atoms with Crippen molar-refractivity contribution in [2.75, 3.05) is 18.4 Å². The van der Waals surface area contributed by atoms with Crippen LogP contribution in [0.25, 0.3) is 0 Å². The number of hydrogen-bond acceptors (Lipinski definition) is 5. The number of piperidine rings is 1. The van der Waals surface area contributed by atoms with Crippen molar-refractivity contribution < 1.29 is 4.79 Å². The minimum Gasteiger partial charge on any atom is -0.316 e. The van der Waals surface area contributed by atoms with Crippen molar-refractivity contribution in [2.45, 2.75) is 12.8 Å². The van der Waals surface area contributed by atoms with Gasteiger partial charge in [-0.1, -0.05) is 5.10 Å². The van der Waals surface area contributed by atoms with Gasteiger partial charge in [0, 0.05) is 6.54 Å². The number of carbonyl (C=O) groups excluding carboxylic acids is 1. The SMILES string of the molecule is Cn1nnc(NC(=O)C2CCCNC2)n1. The monoisotopic (exact) mass is 210 g/mol. The molecular weight excluding hydrogens is 196 g/mol. The molecule has 15 heavy (non-hydrogen) atoms. The lowest BCUT2D eigenvalue weighted by atomic mass is 9.99. The van der Waals surface area contributed by atoms with Crippen molar-refractivity contribution in [1.82, 2.24) is 25.5 Å². The summed E-state index contributed by atoms with van der Waals surface area (Å²) in [5.74, 6) is 0.255. The quantitative estimate of drug-likeness (QED) is 0.664. The number of tetrazole rings is 1. The van der Waals surface area contributed by atoms with Gasteiger partial charge in [-0.3, -0.25) is 10.1 Å². The number of rotatable bonds is 2. The Hall–Kier alpha value is -1.50. The number of amides is 1. The van der Waals surface area contributed by atoms with Crippen molar-refractivity contribution in [2.24, 2.45) is 13.0 Å². The maximum atomic E-state index is 11.7. The van der Waals surface area contributed by atoms with Crippen LogP contribution in [-0.2, 0) is 11.8 Å². The number of nitrogens with one attached hydrogen (secondary N) is 2. The van der Waals surface area contributed by atoms with Crippen LogP contribution in [-0.4, -0.2) is 39.2 Å². The average molecular weight is 210 g/mol. The van der Waals surface area contributed by atoms with Crippen LogP contribution in [0.4, 0.5) is 5.95 Å². The molecule has 1 atom stereocenters. The normalized spacial score (nSPS) is 21.3. The molecule has 2 heterocycles. The number of aromatic nitrogens is 4. The van der Waals surface area contributed by atoms with Crippen LogP contribution in [0.1, 0.15) is 12.8 Å². The Bertz CT molecular complexity index is 343. The van der Waals surface area contributed by atoms with Gasteiger partial charge in [-0.15, -0.1) is 5.10 Å². The van der Waals surface area contributed by atoms with E-state index < -0.39 is 0 Å². The first-order valence-corrected chi connectivity index (χ1v) is 5.01. The fraction of sp³-hybridized carbons (Fsp3) is 0.750. The number of carbonyl (C=O) groups is 1. The van der Waals surface area contributed by atoms with Crippen LogP contribution < -0.4 is 10.6 Å². The topological polar surface area (TPSA) is 84.7 Å². The third-order valence-electron chi connectivity index (χ3n) is 2.41. The van der Waals surface area contributed by atoms with E-state index in [0.29, 0.717) is 0 Å². The highest BCUT2D eigenvalue weighted by Crippen LogP contribution is 2.11. The molecule has 0 aromatic carbocycles. The molecule has 0 bridgehead atoms. The molecule has 0 aliphatic carbocycles. The molecule has 0 saturated carbocycles. The molecule has 2 rings (SSSR count). The van der Waals surface area contributed by atoms with E-state index in [0.717, 1.165) is 25.9 Å². The number of aryl methyl sites for hydroxylation is 1. The van der Waals surface area contributed by atoms with E-state index in [4.69, 9.17) is 0 Å². The summed E-state index contributed by atoms with van der Waals surface area (Å²) in [5, 5.41) is 17.1. The lowest BCUT2D eigenvalue weighted by Gasteiger charge is -2.20. The third kappa shape index (κ3) is 2.50. The zero-order valence-corrected chi connectivity index (χ0v) is 8.60. The smallest absolute Gasteiger partial charge is 0.270 e. The summed E-state index contributed by atoms with van der Waals surface area (Å²) in [6, 6.07) is 0. The predicted octanol–water partition coefficient (Wildman–Crippen LogP) is -0.852. The zero-order chi connectivity index (χ0) is 10.7. The van der Waals surface area contributed by atoms with E-state index in [2.05, 4.69) is 26.0 Å². The highest BCUT2D eigenvalue weighted by Gasteiger charge is 2.21. The van der Waals surface area contributed by atoms with Crippen molar-refractivity contribution in [3.8, 4) is 0 Å². The minimum absolute atomic E-state index is 0.0163. The van der Waals surface area contributed by atoms with E-state index in [1.54, 1.807) is 7.05 Å². The fourth-order valence-electron chi connectivity index (χ4n) is 1.62. The van der Waals surface area contributed by atoms with E-state index >= 15 is 0 Å². The van der Waals surface area contributed by atoms with Crippen LogP contribution in [0.15, 0.2) is 0 Å². The lowest BCUT2D eigenvalue weighted by Crippen LogP contribution is -2.37. The number of hydrogen-bond donors (Lipinski definition) is 2. The molecule has 0 spiro atoms. The summed E-state index contributed by atoms with van der Waals surface area (Å²) in [6.45, 7) is 1.72. The molecule has 1 aromatic heterocycles. The molecule has 1 unspecified atom stereocenters. The van der Waals surface area contributed by atoms with Gasteiger partial charge >= 0.3 is 0 Å². The Labute approximate surface area is 87.2 Å².